The Kier molecular flexibility index (Phi) is 4.22. The molecule has 1 aromatic rings. The molecule has 0 saturated carbocycles. The standard InChI is InChI=1S/C19H25IN2O4/c1-17(2,3)25-16(24)21-19-9-10-20-11-18(19,20)12-22(13-19)26-15(23)14-7-5-4-6-8-14/h4-8H,9-13H2,1-3H3,(H,21,24). The van der Waals surface area contributed by atoms with E-state index in [4.69, 9.17) is 9.57 Å². The van der Waals surface area contributed by atoms with Crippen LogP contribution in [0.3, 0.4) is 0 Å². The first-order chi connectivity index (χ1) is 12.2. The summed E-state index contributed by atoms with van der Waals surface area (Å²) in [5.74, 6) is -0.338. The van der Waals surface area contributed by atoms with Crippen LogP contribution in [0.5, 0.6) is 0 Å². The maximum atomic E-state index is 12.4. The number of amides is 1. The van der Waals surface area contributed by atoms with Gasteiger partial charge in [-0.25, -0.2) is 0 Å². The Morgan fingerprint density at radius 2 is 1.92 bits per heavy atom. The number of carbonyl (C=O) groups excluding carboxylic acids is 2. The summed E-state index contributed by atoms with van der Waals surface area (Å²) in [7, 11) is 0. The minimum atomic E-state index is -1.04. The number of alkyl carbamates (subject to hydrolysis) is 1. The Bertz CT molecular complexity index is 735. The van der Waals surface area contributed by atoms with Crippen molar-refractivity contribution < 1.29 is 19.2 Å². The van der Waals surface area contributed by atoms with E-state index in [1.807, 2.05) is 39.0 Å². The van der Waals surface area contributed by atoms with Crippen LogP contribution in [0, 0.1) is 0 Å². The third-order valence-corrected chi connectivity index (χ3v) is 13.1. The van der Waals surface area contributed by atoms with Crippen molar-refractivity contribution in [2.45, 2.75) is 41.8 Å². The number of alkyl halides is 3. The first-order valence-corrected chi connectivity index (χ1v) is 13.0. The summed E-state index contributed by atoms with van der Waals surface area (Å²) in [6, 6.07) is 9.02. The number of hydrogen-bond acceptors (Lipinski definition) is 5. The van der Waals surface area contributed by atoms with E-state index in [0.29, 0.717) is 12.1 Å². The molecule has 0 radical (unpaired) electrons. The van der Waals surface area contributed by atoms with E-state index in [-0.39, 0.29) is 21.0 Å². The van der Waals surface area contributed by atoms with Gasteiger partial charge in [0.05, 0.1) is 0 Å². The maximum absolute atomic E-state index is 12.4. The van der Waals surface area contributed by atoms with E-state index in [1.165, 1.54) is 8.86 Å². The van der Waals surface area contributed by atoms with Crippen molar-refractivity contribution in [2.24, 2.45) is 0 Å². The molecule has 7 heteroatoms. The molecule has 3 aliphatic heterocycles. The summed E-state index contributed by atoms with van der Waals surface area (Å²) < 4.78 is 8.16. The van der Waals surface area contributed by atoms with Crippen LogP contribution in [0.25, 0.3) is 0 Å². The molecule has 4 rings (SSSR count). The van der Waals surface area contributed by atoms with Gasteiger partial charge in [0.2, 0.25) is 0 Å². The summed E-state index contributed by atoms with van der Waals surface area (Å²) >= 11 is -1.04. The van der Waals surface area contributed by atoms with Gasteiger partial charge in [0.1, 0.15) is 0 Å². The number of carbonyl (C=O) groups is 2. The van der Waals surface area contributed by atoms with Crippen LogP contribution in [0.15, 0.2) is 30.3 Å². The van der Waals surface area contributed by atoms with Crippen molar-refractivity contribution in [1.29, 1.82) is 0 Å². The minimum absolute atomic E-state index is 0.171. The van der Waals surface area contributed by atoms with Gasteiger partial charge in [-0.2, -0.15) is 0 Å². The Balaban J connectivity index is 1.46. The summed E-state index contributed by atoms with van der Waals surface area (Å²) in [6.07, 6.45) is 0.606. The number of nitrogens with one attached hydrogen (secondary N) is 1. The van der Waals surface area contributed by atoms with Crippen molar-refractivity contribution in [2.75, 3.05) is 21.9 Å². The first-order valence-electron chi connectivity index (χ1n) is 8.88. The van der Waals surface area contributed by atoms with Gasteiger partial charge in [-0.15, -0.1) is 0 Å². The molecule has 3 aliphatic rings. The molecule has 3 saturated heterocycles. The molecule has 1 aromatic carbocycles. The van der Waals surface area contributed by atoms with E-state index in [1.54, 1.807) is 17.2 Å². The van der Waals surface area contributed by atoms with Gasteiger partial charge in [-0.05, 0) is 0 Å². The van der Waals surface area contributed by atoms with E-state index in [2.05, 4.69) is 5.32 Å². The van der Waals surface area contributed by atoms with E-state index < -0.39 is 25.4 Å². The van der Waals surface area contributed by atoms with E-state index in [9.17, 15) is 9.59 Å². The SMILES string of the molecule is CC(C)(C)OC(=O)NC12CCI3CC31CN(OC(=O)c1ccccc1)C2. The second kappa shape index (κ2) is 6.09. The zero-order valence-electron chi connectivity index (χ0n) is 15.4. The molecule has 3 fully saturated rings. The molecule has 0 aliphatic carbocycles. The molecule has 2 unspecified atom stereocenters. The topological polar surface area (TPSA) is 67.9 Å². The Labute approximate surface area is 160 Å². The molecule has 142 valence electrons. The third kappa shape index (κ3) is 3.09. The fourth-order valence-corrected chi connectivity index (χ4v) is 13.6. The monoisotopic (exact) mass is 472 g/mol. The first kappa shape index (κ1) is 18.0. The van der Waals surface area contributed by atoms with Crippen molar-refractivity contribution in [3.05, 3.63) is 35.9 Å². The number of hydrogen-bond donors (Lipinski definition) is 1. The van der Waals surface area contributed by atoms with Crippen molar-refractivity contribution in [3.8, 4) is 0 Å². The van der Waals surface area contributed by atoms with Gasteiger partial charge in [0, 0.05) is 0 Å². The Morgan fingerprint density at radius 3 is 2.58 bits per heavy atom. The molecule has 6 nitrogen and oxygen atoms in total. The number of rotatable bonds is 3. The van der Waals surface area contributed by atoms with Crippen LogP contribution in [-0.4, -0.2) is 53.6 Å². The molecule has 3 heterocycles. The van der Waals surface area contributed by atoms with Gasteiger partial charge < -0.3 is 0 Å². The van der Waals surface area contributed by atoms with Gasteiger partial charge in [0.25, 0.3) is 0 Å². The Morgan fingerprint density at radius 1 is 1.19 bits per heavy atom. The number of ether oxygens (including phenoxy) is 1. The van der Waals surface area contributed by atoms with Crippen molar-refractivity contribution in [1.82, 2.24) is 10.4 Å². The predicted octanol–water partition coefficient (Wildman–Crippen LogP) is 3.00. The zero-order valence-corrected chi connectivity index (χ0v) is 17.5. The van der Waals surface area contributed by atoms with Gasteiger partial charge in [-0.1, -0.05) is 0 Å². The number of nitrogens with zero attached hydrogens (tertiary/aromatic N) is 1. The van der Waals surface area contributed by atoms with Gasteiger partial charge in [0.15, 0.2) is 0 Å². The molecule has 1 spiro atoms. The van der Waals surface area contributed by atoms with E-state index >= 15 is 0 Å². The third-order valence-electron chi connectivity index (χ3n) is 5.25. The normalized spacial score (nSPS) is 31.1. The van der Waals surface area contributed by atoms with Crippen molar-refractivity contribution in [3.63, 3.8) is 0 Å². The molecule has 0 aromatic heterocycles. The van der Waals surface area contributed by atoms with Crippen LogP contribution >= 0.6 is 19.8 Å². The molecular formula is C19H25IN2O4. The summed E-state index contributed by atoms with van der Waals surface area (Å²) in [6.45, 7) is 6.90. The van der Waals surface area contributed by atoms with Crippen LogP contribution in [-0.2, 0) is 9.57 Å². The fourth-order valence-electron chi connectivity index (χ4n) is 4.02. The molecule has 0 bridgehead atoms. The van der Waals surface area contributed by atoms with Crippen LogP contribution in [0.2, 0.25) is 0 Å². The van der Waals surface area contributed by atoms with Gasteiger partial charge >= 0.3 is 161 Å². The number of hydroxylamine groups is 2. The average Bonchev–Trinajstić information content (AvgIpc) is 3.06. The van der Waals surface area contributed by atoms with Crippen LogP contribution in [0.4, 0.5) is 4.79 Å². The van der Waals surface area contributed by atoms with Crippen molar-refractivity contribution >= 4 is 31.9 Å². The fraction of sp³-hybridized carbons (Fsp3) is 0.579. The zero-order chi connectivity index (χ0) is 18.6. The molecule has 1 N–H and O–H groups in total. The summed E-state index contributed by atoms with van der Waals surface area (Å²) in [5.41, 5.74) is -0.272. The van der Waals surface area contributed by atoms with E-state index in [0.717, 1.165) is 13.0 Å². The molecule has 1 amide bonds. The second-order valence-corrected chi connectivity index (χ2v) is 14.8. The molecule has 26 heavy (non-hydrogen) atoms. The number of benzene rings is 1. The number of halogens is 1. The summed E-state index contributed by atoms with van der Waals surface area (Å²) in [5, 5.41) is 4.95. The Hall–Kier alpha value is -1.35. The summed E-state index contributed by atoms with van der Waals surface area (Å²) in [4.78, 5) is 30.5. The van der Waals surface area contributed by atoms with Crippen LogP contribution < -0.4 is 5.32 Å². The van der Waals surface area contributed by atoms with Crippen LogP contribution in [0.1, 0.15) is 37.6 Å². The molecule has 2 atom stereocenters. The predicted molar refractivity (Wildman–Crippen MR) is 107 cm³/mol. The second-order valence-electron chi connectivity index (χ2n) is 8.25. The quantitative estimate of drug-likeness (QED) is 0.542. The average molecular weight is 472 g/mol. The van der Waals surface area contributed by atoms with Gasteiger partial charge in [-0.3, -0.25) is 0 Å². The molecular weight excluding hydrogens is 447 g/mol.